The predicted octanol–water partition coefficient (Wildman–Crippen LogP) is 7.45. The minimum atomic E-state index is -0.282. The molecule has 0 aliphatic heterocycles. The molecule has 0 amide bonds. The molecular weight excluding hydrogens is 355 g/mol. The van der Waals surface area contributed by atoms with Crippen molar-refractivity contribution in [2.75, 3.05) is 0 Å². The lowest BCUT2D eigenvalue weighted by molar-refractivity contribution is 0.608. The van der Waals surface area contributed by atoms with Crippen molar-refractivity contribution < 1.29 is 4.39 Å². The molecule has 2 heteroatoms. The smallest absolute Gasteiger partial charge is 0.145 e. The van der Waals surface area contributed by atoms with Crippen LogP contribution in [-0.4, -0.2) is 0 Å². The SMILES string of the molecule is CCCc1ccc(-c2ccc(CCc3ccc(CC)cc3)cc2)c(Cl)c1F. The van der Waals surface area contributed by atoms with Gasteiger partial charge in [0, 0.05) is 5.56 Å². The summed E-state index contributed by atoms with van der Waals surface area (Å²) < 4.78 is 14.4. The van der Waals surface area contributed by atoms with Gasteiger partial charge in [0.05, 0.1) is 5.02 Å². The van der Waals surface area contributed by atoms with Crippen molar-refractivity contribution in [3.8, 4) is 11.1 Å². The van der Waals surface area contributed by atoms with Gasteiger partial charge in [-0.2, -0.15) is 0 Å². The maximum atomic E-state index is 14.4. The first kappa shape index (κ1) is 19.6. The van der Waals surface area contributed by atoms with E-state index >= 15 is 0 Å². The van der Waals surface area contributed by atoms with Gasteiger partial charge in [-0.25, -0.2) is 4.39 Å². The van der Waals surface area contributed by atoms with Gasteiger partial charge in [0.1, 0.15) is 5.82 Å². The highest BCUT2D eigenvalue weighted by molar-refractivity contribution is 6.33. The lowest BCUT2D eigenvalue weighted by atomic mass is 9.98. The van der Waals surface area contributed by atoms with Gasteiger partial charge in [0.2, 0.25) is 0 Å². The Morgan fingerprint density at radius 2 is 1.26 bits per heavy atom. The second kappa shape index (κ2) is 9.19. The van der Waals surface area contributed by atoms with Gasteiger partial charge in [0.15, 0.2) is 0 Å². The molecule has 0 saturated heterocycles. The molecule has 0 N–H and O–H groups in total. The fraction of sp³-hybridized carbons (Fsp3) is 0.280. The van der Waals surface area contributed by atoms with Crippen LogP contribution in [0.4, 0.5) is 4.39 Å². The van der Waals surface area contributed by atoms with E-state index < -0.39 is 0 Å². The second-order valence-corrected chi connectivity index (χ2v) is 7.40. The van der Waals surface area contributed by atoms with Crippen molar-refractivity contribution in [3.05, 3.63) is 93.8 Å². The summed E-state index contributed by atoms with van der Waals surface area (Å²) in [6, 6.07) is 20.9. The molecule has 140 valence electrons. The van der Waals surface area contributed by atoms with Crippen LogP contribution in [0.5, 0.6) is 0 Å². The maximum absolute atomic E-state index is 14.4. The molecule has 0 heterocycles. The van der Waals surface area contributed by atoms with Gasteiger partial charge in [-0.3, -0.25) is 0 Å². The normalized spacial score (nSPS) is 11.0. The van der Waals surface area contributed by atoms with Gasteiger partial charge in [-0.15, -0.1) is 0 Å². The third kappa shape index (κ3) is 4.78. The summed E-state index contributed by atoms with van der Waals surface area (Å²) >= 11 is 6.30. The Bertz CT molecular complexity index is 879. The van der Waals surface area contributed by atoms with Crippen LogP contribution in [0, 0.1) is 5.82 Å². The van der Waals surface area contributed by atoms with Crippen LogP contribution in [0.1, 0.15) is 42.5 Å². The Kier molecular flexibility index (Phi) is 6.68. The molecule has 0 radical (unpaired) electrons. The molecule has 0 atom stereocenters. The van der Waals surface area contributed by atoms with Crippen molar-refractivity contribution in [1.29, 1.82) is 0 Å². The first-order chi connectivity index (χ1) is 13.1. The number of rotatable bonds is 7. The summed E-state index contributed by atoms with van der Waals surface area (Å²) in [6.45, 7) is 4.21. The lowest BCUT2D eigenvalue weighted by Crippen LogP contribution is -1.94. The number of hydrogen-bond acceptors (Lipinski definition) is 0. The molecule has 3 rings (SSSR count). The third-order valence-electron chi connectivity index (χ3n) is 5.08. The summed E-state index contributed by atoms with van der Waals surface area (Å²) in [6.07, 6.45) is 4.70. The van der Waals surface area contributed by atoms with Gasteiger partial charge < -0.3 is 0 Å². The van der Waals surface area contributed by atoms with Crippen molar-refractivity contribution in [2.24, 2.45) is 0 Å². The fourth-order valence-electron chi connectivity index (χ4n) is 3.36. The fourth-order valence-corrected chi connectivity index (χ4v) is 3.65. The van der Waals surface area contributed by atoms with Crippen LogP contribution >= 0.6 is 11.6 Å². The molecule has 0 saturated carbocycles. The van der Waals surface area contributed by atoms with Crippen molar-refractivity contribution in [2.45, 2.75) is 46.0 Å². The van der Waals surface area contributed by atoms with Gasteiger partial charge in [-0.1, -0.05) is 92.5 Å². The number of hydrogen-bond donors (Lipinski definition) is 0. The minimum absolute atomic E-state index is 0.227. The van der Waals surface area contributed by atoms with Crippen LogP contribution in [0.25, 0.3) is 11.1 Å². The molecule has 3 aromatic rings. The van der Waals surface area contributed by atoms with Crippen LogP contribution < -0.4 is 0 Å². The van der Waals surface area contributed by atoms with E-state index in [1.165, 1.54) is 16.7 Å². The average molecular weight is 381 g/mol. The van der Waals surface area contributed by atoms with Crippen LogP contribution in [0.15, 0.2) is 60.7 Å². The van der Waals surface area contributed by atoms with E-state index in [2.05, 4.69) is 43.3 Å². The standard InChI is InChI=1S/C25H26ClF/c1-3-5-22-16-17-23(24(26)25(22)27)21-14-12-20(13-15-21)11-10-19-8-6-18(4-2)7-9-19/h6-9,12-17H,3-5,10-11H2,1-2H3. The molecule has 0 aromatic heterocycles. The van der Waals surface area contributed by atoms with Crippen molar-refractivity contribution in [1.82, 2.24) is 0 Å². The molecule has 0 aliphatic rings. The van der Waals surface area contributed by atoms with Gasteiger partial charge >= 0.3 is 0 Å². The Morgan fingerprint density at radius 1 is 0.704 bits per heavy atom. The zero-order valence-electron chi connectivity index (χ0n) is 16.1. The first-order valence-electron chi connectivity index (χ1n) is 9.76. The summed E-state index contributed by atoms with van der Waals surface area (Å²) in [5.41, 5.74) is 6.41. The summed E-state index contributed by atoms with van der Waals surface area (Å²) in [5.74, 6) is -0.282. The summed E-state index contributed by atoms with van der Waals surface area (Å²) in [5, 5.41) is 0.227. The molecule has 0 fully saturated rings. The van der Waals surface area contributed by atoms with Gasteiger partial charge in [0.25, 0.3) is 0 Å². The lowest BCUT2D eigenvalue weighted by Gasteiger charge is -2.10. The third-order valence-corrected chi connectivity index (χ3v) is 5.45. The molecule has 0 nitrogen and oxygen atoms in total. The topological polar surface area (TPSA) is 0 Å². The first-order valence-corrected chi connectivity index (χ1v) is 10.1. The van der Waals surface area contributed by atoms with E-state index in [-0.39, 0.29) is 10.8 Å². The second-order valence-electron chi connectivity index (χ2n) is 7.02. The highest BCUT2D eigenvalue weighted by Gasteiger charge is 2.12. The highest BCUT2D eigenvalue weighted by Crippen LogP contribution is 2.32. The Labute approximate surface area is 167 Å². The van der Waals surface area contributed by atoms with E-state index in [0.29, 0.717) is 12.0 Å². The van der Waals surface area contributed by atoms with Crippen LogP contribution in [-0.2, 0) is 25.7 Å². The quantitative estimate of drug-likeness (QED) is 0.399. The number of halogens is 2. The zero-order chi connectivity index (χ0) is 19.2. The molecule has 0 spiro atoms. The van der Waals surface area contributed by atoms with E-state index in [4.69, 9.17) is 11.6 Å². The van der Waals surface area contributed by atoms with E-state index in [0.717, 1.165) is 36.8 Å². The largest absolute Gasteiger partial charge is 0.205 e. The van der Waals surface area contributed by atoms with E-state index in [1.54, 1.807) is 0 Å². The Hall–Kier alpha value is -2.12. The molecular formula is C25H26ClF. The average Bonchev–Trinajstić information content (AvgIpc) is 2.71. The zero-order valence-corrected chi connectivity index (χ0v) is 16.8. The number of aryl methyl sites for hydroxylation is 4. The Balaban J connectivity index is 1.70. The minimum Gasteiger partial charge on any atom is -0.205 e. The summed E-state index contributed by atoms with van der Waals surface area (Å²) in [4.78, 5) is 0. The molecule has 27 heavy (non-hydrogen) atoms. The number of benzene rings is 3. The van der Waals surface area contributed by atoms with Crippen LogP contribution in [0.2, 0.25) is 5.02 Å². The molecule has 0 bridgehead atoms. The predicted molar refractivity (Wildman–Crippen MR) is 114 cm³/mol. The molecule has 0 unspecified atom stereocenters. The van der Waals surface area contributed by atoms with Crippen molar-refractivity contribution >= 4 is 11.6 Å². The van der Waals surface area contributed by atoms with E-state index in [9.17, 15) is 4.39 Å². The van der Waals surface area contributed by atoms with E-state index in [1.807, 2.05) is 31.2 Å². The Morgan fingerprint density at radius 3 is 1.81 bits per heavy atom. The monoisotopic (exact) mass is 380 g/mol. The van der Waals surface area contributed by atoms with Gasteiger partial charge in [-0.05, 0) is 53.5 Å². The maximum Gasteiger partial charge on any atom is 0.145 e. The molecule has 0 aliphatic carbocycles. The summed E-state index contributed by atoms with van der Waals surface area (Å²) in [7, 11) is 0. The highest BCUT2D eigenvalue weighted by atomic mass is 35.5. The molecule has 3 aromatic carbocycles. The van der Waals surface area contributed by atoms with Crippen LogP contribution in [0.3, 0.4) is 0 Å². The van der Waals surface area contributed by atoms with Crippen molar-refractivity contribution in [3.63, 3.8) is 0 Å².